The average Bonchev–Trinajstić information content (AvgIpc) is 3.05. The maximum Gasteiger partial charge on any atom is 0.256 e. The molecule has 0 aliphatic carbocycles. The summed E-state index contributed by atoms with van der Waals surface area (Å²) in [5, 5.41) is 6.37. The van der Waals surface area contributed by atoms with Crippen molar-refractivity contribution >= 4 is 22.9 Å². The van der Waals surface area contributed by atoms with Crippen molar-refractivity contribution in [2.45, 2.75) is 46.3 Å². The van der Waals surface area contributed by atoms with Crippen molar-refractivity contribution in [3.05, 3.63) is 53.6 Å². The lowest BCUT2D eigenvalue weighted by molar-refractivity contribution is -0.110. The highest BCUT2D eigenvalue weighted by Gasteiger charge is 2.27. The van der Waals surface area contributed by atoms with Crippen LogP contribution in [0.1, 0.15) is 38.8 Å². The first-order chi connectivity index (χ1) is 14.9. The molecule has 0 bridgehead atoms. The second-order valence-corrected chi connectivity index (χ2v) is 8.07. The second kappa shape index (κ2) is 9.88. The molecular weight excluding hydrogens is 390 g/mol. The van der Waals surface area contributed by atoms with Gasteiger partial charge in [0.25, 0.3) is 5.91 Å². The molecule has 0 aromatic heterocycles. The Hall–Kier alpha value is -2.99. The molecule has 2 aromatic rings. The van der Waals surface area contributed by atoms with Crippen molar-refractivity contribution in [3.8, 4) is 11.5 Å². The van der Waals surface area contributed by atoms with E-state index < -0.39 is 0 Å². The fourth-order valence-corrected chi connectivity index (χ4v) is 3.84. The summed E-state index contributed by atoms with van der Waals surface area (Å²) in [6.07, 6.45) is 1.94. The Morgan fingerprint density at radius 3 is 2.29 bits per heavy atom. The number of hydrogen-bond donors (Lipinski definition) is 2. The third-order valence-electron chi connectivity index (χ3n) is 5.59. The lowest BCUT2D eigenvalue weighted by Gasteiger charge is -2.24. The van der Waals surface area contributed by atoms with Gasteiger partial charge >= 0.3 is 0 Å². The van der Waals surface area contributed by atoms with E-state index in [9.17, 15) is 4.79 Å². The predicted molar refractivity (Wildman–Crippen MR) is 127 cm³/mol. The number of nitrogens with one attached hydrogen (secondary N) is 2. The molecule has 2 N–H and O–H groups in total. The monoisotopic (exact) mass is 423 g/mol. The number of nitrogens with zero attached hydrogens (tertiary/aromatic N) is 1. The third kappa shape index (κ3) is 5.20. The second-order valence-electron chi connectivity index (χ2n) is 8.07. The number of ether oxygens (including phenoxy) is 2. The molecule has 0 saturated carbocycles. The molecule has 0 fully saturated rings. The zero-order chi connectivity index (χ0) is 22.5. The van der Waals surface area contributed by atoms with Gasteiger partial charge in [-0.05, 0) is 57.2 Å². The minimum absolute atomic E-state index is 0.0338. The van der Waals surface area contributed by atoms with Gasteiger partial charge in [-0.2, -0.15) is 0 Å². The molecule has 31 heavy (non-hydrogen) atoms. The molecule has 1 heterocycles. The van der Waals surface area contributed by atoms with Crippen LogP contribution in [-0.2, 0) is 11.3 Å². The molecule has 2 aromatic carbocycles. The molecule has 1 aliphatic heterocycles. The first-order valence-electron chi connectivity index (χ1n) is 10.7. The number of fused-ring (bicyclic) bond motifs is 1. The van der Waals surface area contributed by atoms with Gasteiger partial charge in [0.15, 0.2) is 11.5 Å². The summed E-state index contributed by atoms with van der Waals surface area (Å²) in [6.45, 7) is 10.6. The largest absolute Gasteiger partial charge is 0.493 e. The molecule has 1 amide bonds. The van der Waals surface area contributed by atoms with Crippen molar-refractivity contribution in [2.24, 2.45) is 0 Å². The van der Waals surface area contributed by atoms with E-state index in [1.807, 2.05) is 19.1 Å². The maximum absolute atomic E-state index is 12.6. The maximum atomic E-state index is 12.6. The molecule has 6 heteroatoms. The van der Waals surface area contributed by atoms with Crippen LogP contribution in [0.2, 0.25) is 0 Å². The Kier molecular flexibility index (Phi) is 7.23. The number of benzene rings is 2. The van der Waals surface area contributed by atoms with Crippen LogP contribution in [0.4, 0.5) is 11.4 Å². The van der Waals surface area contributed by atoms with Crippen LogP contribution in [0.25, 0.3) is 5.57 Å². The summed E-state index contributed by atoms with van der Waals surface area (Å²) < 4.78 is 10.7. The highest BCUT2D eigenvalue weighted by atomic mass is 16.5. The number of hydrogen-bond acceptors (Lipinski definition) is 5. The Morgan fingerprint density at radius 2 is 1.71 bits per heavy atom. The van der Waals surface area contributed by atoms with Gasteiger partial charge < -0.3 is 20.1 Å². The third-order valence-corrected chi connectivity index (χ3v) is 5.59. The van der Waals surface area contributed by atoms with Gasteiger partial charge in [-0.3, -0.25) is 9.69 Å². The summed E-state index contributed by atoms with van der Waals surface area (Å²) in [6, 6.07) is 12.6. The van der Waals surface area contributed by atoms with Crippen molar-refractivity contribution in [2.75, 3.05) is 31.4 Å². The number of methoxy groups -OCH3 is 2. The van der Waals surface area contributed by atoms with E-state index in [-0.39, 0.29) is 11.9 Å². The van der Waals surface area contributed by atoms with Gasteiger partial charge in [0.05, 0.1) is 19.9 Å². The molecule has 3 rings (SSSR count). The minimum atomic E-state index is -0.123. The lowest BCUT2D eigenvalue weighted by atomic mass is 10.0. The fourth-order valence-electron chi connectivity index (χ4n) is 3.84. The van der Waals surface area contributed by atoms with Crippen LogP contribution in [-0.4, -0.2) is 43.7 Å². The Bertz CT molecular complexity index is 951. The summed E-state index contributed by atoms with van der Waals surface area (Å²) in [4.78, 5) is 15.0. The molecule has 0 saturated heterocycles. The van der Waals surface area contributed by atoms with Crippen molar-refractivity contribution < 1.29 is 14.3 Å². The molecule has 1 unspecified atom stereocenters. The summed E-state index contributed by atoms with van der Waals surface area (Å²) >= 11 is 0. The van der Waals surface area contributed by atoms with E-state index in [0.29, 0.717) is 23.1 Å². The minimum Gasteiger partial charge on any atom is -0.493 e. The molecule has 166 valence electrons. The van der Waals surface area contributed by atoms with Gasteiger partial charge in [0, 0.05) is 41.5 Å². The van der Waals surface area contributed by atoms with E-state index in [1.54, 1.807) is 20.3 Å². The molecule has 1 aliphatic rings. The predicted octanol–water partition coefficient (Wildman–Crippen LogP) is 4.77. The number of carbonyl (C=O) groups is 1. The van der Waals surface area contributed by atoms with Gasteiger partial charge in [-0.15, -0.1) is 0 Å². The smallest absolute Gasteiger partial charge is 0.256 e. The lowest BCUT2D eigenvalue weighted by Crippen LogP contribution is -2.29. The number of carbonyl (C=O) groups excluding carboxylic acids is 1. The van der Waals surface area contributed by atoms with Crippen LogP contribution < -0.4 is 20.1 Å². The zero-order valence-corrected chi connectivity index (χ0v) is 19.3. The highest BCUT2D eigenvalue weighted by molar-refractivity contribution is 6.31. The number of rotatable bonds is 9. The normalized spacial score (nSPS) is 15.2. The molecule has 1 atom stereocenters. The van der Waals surface area contributed by atoms with E-state index in [1.165, 1.54) is 5.56 Å². The van der Waals surface area contributed by atoms with Crippen LogP contribution in [0, 0.1) is 0 Å². The van der Waals surface area contributed by atoms with Gasteiger partial charge in [-0.25, -0.2) is 0 Å². The first kappa shape index (κ1) is 22.7. The first-order valence-corrected chi connectivity index (χ1v) is 10.7. The number of anilines is 2. The highest BCUT2D eigenvalue weighted by Crippen LogP contribution is 2.40. The molecular formula is C25H33N3O3. The van der Waals surface area contributed by atoms with Crippen LogP contribution >= 0.6 is 0 Å². The van der Waals surface area contributed by atoms with Gasteiger partial charge in [0.2, 0.25) is 0 Å². The summed E-state index contributed by atoms with van der Waals surface area (Å²) in [5.74, 6) is 1.07. The summed E-state index contributed by atoms with van der Waals surface area (Å²) in [5.41, 5.74) is 4.49. The Balaban J connectivity index is 1.73. The topological polar surface area (TPSA) is 62.8 Å². The van der Waals surface area contributed by atoms with Crippen molar-refractivity contribution in [1.82, 2.24) is 4.90 Å². The summed E-state index contributed by atoms with van der Waals surface area (Å²) in [7, 11) is 3.17. The van der Waals surface area contributed by atoms with Gasteiger partial charge in [0.1, 0.15) is 0 Å². The Morgan fingerprint density at radius 1 is 1.06 bits per heavy atom. The van der Waals surface area contributed by atoms with Crippen LogP contribution in [0.15, 0.2) is 42.5 Å². The van der Waals surface area contributed by atoms with Crippen molar-refractivity contribution in [3.63, 3.8) is 0 Å². The van der Waals surface area contributed by atoms with Crippen LogP contribution in [0.3, 0.4) is 0 Å². The molecule has 0 spiro atoms. The fraction of sp³-hybridized carbons (Fsp3) is 0.400. The van der Waals surface area contributed by atoms with E-state index in [2.05, 4.69) is 60.6 Å². The van der Waals surface area contributed by atoms with E-state index >= 15 is 0 Å². The number of amides is 1. The quantitative estimate of drug-likeness (QED) is 0.569. The Labute approximate surface area is 185 Å². The van der Waals surface area contributed by atoms with E-state index in [0.717, 1.165) is 30.0 Å². The van der Waals surface area contributed by atoms with E-state index in [4.69, 9.17) is 9.47 Å². The van der Waals surface area contributed by atoms with Crippen LogP contribution in [0.5, 0.6) is 11.5 Å². The standard InChI is InChI=1S/C25H33N3O3/c1-7-28(16(2)3)15-18-8-10-19(11-9-18)26-17(4)12-21-20-13-23(30-5)24(31-6)14-22(20)27-25(21)29/h8-14,16-17,26H,7,15H2,1-6H3,(H,27,29). The zero-order valence-electron chi connectivity index (χ0n) is 19.3. The molecule has 0 radical (unpaired) electrons. The van der Waals surface area contributed by atoms with Crippen molar-refractivity contribution in [1.29, 1.82) is 0 Å². The molecule has 6 nitrogen and oxygen atoms in total. The van der Waals surface area contributed by atoms with Gasteiger partial charge in [-0.1, -0.05) is 19.1 Å². The average molecular weight is 424 g/mol. The SMILES string of the molecule is CCN(Cc1ccc(NC(C)C=C2C(=O)Nc3cc(OC)c(OC)cc32)cc1)C(C)C.